The van der Waals surface area contributed by atoms with Crippen molar-refractivity contribution in [1.82, 2.24) is 0 Å². The molecule has 0 aliphatic carbocycles. The Bertz CT molecular complexity index is 293. The number of hydrogen-bond donors (Lipinski definition) is 3. The minimum atomic E-state index is 0.340. The summed E-state index contributed by atoms with van der Waals surface area (Å²) in [5.41, 5.74) is 7.32. The summed E-state index contributed by atoms with van der Waals surface area (Å²) in [6, 6.07) is 7.56. The molecule has 0 saturated heterocycles. The Morgan fingerprint density at radius 3 is 2.83 bits per heavy atom. The van der Waals surface area contributed by atoms with E-state index in [1.54, 1.807) is 0 Å². The summed E-state index contributed by atoms with van der Waals surface area (Å²) in [5.74, 6) is 5.38. The van der Waals surface area contributed by atoms with Gasteiger partial charge in [0.1, 0.15) is 5.84 Å². The summed E-state index contributed by atoms with van der Waals surface area (Å²) >= 11 is 0. The van der Waals surface area contributed by atoms with Crippen LogP contribution in [0.15, 0.2) is 29.4 Å². The molecule has 4 heteroatoms. The fourth-order valence-electron chi connectivity index (χ4n) is 0.909. The SMILES string of the molecule is CNc1cccc(/C(N)=N/N)c1. The number of hydrazone groups is 1. The van der Waals surface area contributed by atoms with Crippen LogP contribution in [0, 0.1) is 0 Å². The topological polar surface area (TPSA) is 76.4 Å². The van der Waals surface area contributed by atoms with Gasteiger partial charge in [-0.25, -0.2) is 0 Å². The summed E-state index contributed by atoms with van der Waals surface area (Å²) in [4.78, 5) is 0. The number of benzene rings is 1. The van der Waals surface area contributed by atoms with Crippen LogP contribution >= 0.6 is 0 Å². The van der Waals surface area contributed by atoms with E-state index in [-0.39, 0.29) is 0 Å². The molecule has 0 heterocycles. The van der Waals surface area contributed by atoms with E-state index in [1.165, 1.54) is 0 Å². The van der Waals surface area contributed by atoms with Gasteiger partial charge in [-0.15, -0.1) is 0 Å². The van der Waals surface area contributed by atoms with E-state index in [0.29, 0.717) is 5.84 Å². The third kappa shape index (κ3) is 1.66. The first-order valence-corrected chi connectivity index (χ1v) is 3.59. The summed E-state index contributed by atoms with van der Waals surface area (Å²) in [6.45, 7) is 0. The molecule has 5 N–H and O–H groups in total. The molecule has 0 fully saturated rings. The Labute approximate surface area is 71.3 Å². The second-order valence-electron chi connectivity index (χ2n) is 2.35. The van der Waals surface area contributed by atoms with E-state index in [4.69, 9.17) is 11.6 Å². The summed E-state index contributed by atoms with van der Waals surface area (Å²) in [5, 5.41) is 6.40. The van der Waals surface area contributed by atoms with Crippen molar-refractivity contribution >= 4 is 11.5 Å². The Balaban J connectivity index is 3.02. The predicted molar refractivity (Wildman–Crippen MR) is 50.9 cm³/mol. The third-order valence-electron chi connectivity index (χ3n) is 1.59. The highest BCUT2D eigenvalue weighted by Gasteiger charge is 1.97. The van der Waals surface area contributed by atoms with Crippen LogP contribution in [-0.2, 0) is 0 Å². The van der Waals surface area contributed by atoms with Crippen molar-refractivity contribution in [2.24, 2.45) is 16.7 Å². The van der Waals surface area contributed by atoms with Gasteiger partial charge in [0, 0.05) is 18.3 Å². The second-order valence-corrected chi connectivity index (χ2v) is 2.35. The summed E-state index contributed by atoms with van der Waals surface area (Å²) in [6.07, 6.45) is 0. The summed E-state index contributed by atoms with van der Waals surface area (Å²) in [7, 11) is 1.84. The van der Waals surface area contributed by atoms with Gasteiger partial charge >= 0.3 is 0 Å². The van der Waals surface area contributed by atoms with Crippen LogP contribution in [0.4, 0.5) is 5.69 Å². The number of nitrogens with zero attached hydrogens (tertiary/aromatic N) is 1. The zero-order valence-electron chi connectivity index (χ0n) is 6.91. The lowest BCUT2D eigenvalue weighted by Gasteiger charge is -2.02. The molecular formula is C8H12N4. The highest BCUT2D eigenvalue weighted by atomic mass is 15.2. The predicted octanol–water partition coefficient (Wildman–Crippen LogP) is 0.307. The number of amidine groups is 1. The molecule has 0 amide bonds. The van der Waals surface area contributed by atoms with Crippen LogP contribution in [0.3, 0.4) is 0 Å². The zero-order chi connectivity index (χ0) is 8.97. The maximum Gasteiger partial charge on any atom is 0.150 e. The van der Waals surface area contributed by atoms with E-state index in [1.807, 2.05) is 31.3 Å². The number of nitrogens with two attached hydrogens (primary N) is 2. The minimum absolute atomic E-state index is 0.340. The maximum absolute atomic E-state index is 5.52. The van der Waals surface area contributed by atoms with Gasteiger partial charge in [0.05, 0.1) is 0 Å². The molecule has 0 aliphatic rings. The van der Waals surface area contributed by atoms with Crippen molar-refractivity contribution < 1.29 is 0 Å². The van der Waals surface area contributed by atoms with Crippen molar-refractivity contribution in [1.29, 1.82) is 0 Å². The van der Waals surface area contributed by atoms with Crippen LogP contribution in [0.25, 0.3) is 0 Å². The average Bonchev–Trinajstić information content (AvgIpc) is 2.17. The zero-order valence-corrected chi connectivity index (χ0v) is 6.91. The first-order valence-electron chi connectivity index (χ1n) is 3.59. The second kappa shape index (κ2) is 3.61. The molecular weight excluding hydrogens is 152 g/mol. The molecule has 1 rings (SSSR count). The quantitative estimate of drug-likeness (QED) is 0.255. The molecule has 4 nitrogen and oxygen atoms in total. The van der Waals surface area contributed by atoms with Crippen LogP contribution < -0.4 is 16.9 Å². The van der Waals surface area contributed by atoms with E-state index in [9.17, 15) is 0 Å². The Kier molecular flexibility index (Phi) is 2.53. The first-order chi connectivity index (χ1) is 5.77. The van der Waals surface area contributed by atoms with E-state index in [0.717, 1.165) is 11.3 Å². The van der Waals surface area contributed by atoms with E-state index >= 15 is 0 Å². The third-order valence-corrected chi connectivity index (χ3v) is 1.59. The smallest absolute Gasteiger partial charge is 0.150 e. The van der Waals surface area contributed by atoms with Crippen molar-refractivity contribution in [3.05, 3.63) is 29.8 Å². The Hall–Kier alpha value is -1.71. The molecule has 1 aromatic carbocycles. The van der Waals surface area contributed by atoms with E-state index in [2.05, 4.69) is 10.4 Å². The molecule has 0 spiro atoms. The van der Waals surface area contributed by atoms with Crippen LogP contribution in [-0.4, -0.2) is 12.9 Å². The number of rotatable bonds is 2. The van der Waals surface area contributed by atoms with Crippen molar-refractivity contribution in [3.63, 3.8) is 0 Å². The van der Waals surface area contributed by atoms with Crippen LogP contribution in [0.5, 0.6) is 0 Å². The normalized spacial score (nSPS) is 11.2. The lowest BCUT2D eigenvalue weighted by Crippen LogP contribution is -2.15. The van der Waals surface area contributed by atoms with Crippen LogP contribution in [0.2, 0.25) is 0 Å². The van der Waals surface area contributed by atoms with Crippen molar-refractivity contribution in [3.8, 4) is 0 Å². The highest BCUT2D eigenvalue weighted by molar-refractivity contribution is 5.97. The van der Waals surface area contributed by atoms with Crippen LogP contribution in [0.1, 0.15) is 5.56 Å². The molecule has 0 atom stereocenters. The van der Waals surface area contributed by atoms with Gasteiger partial charge in [-0.2, -0.15) is 5.10 Å². The highest BCUT2D eigenvalue weighted by Crippen LogP contribution is 2.08. The molecule has 0 unspecified atom stereocenters. The number of hydrogen-bond acceptors (Lipinski definition) is 3. The van der Waals surface area contributed by atoms with Gasteiger partial charge in [0.2, 0.25) is 0 Å². The fourth-order valence-corrected chi connectivity index (χ4v) is 0.909. The largest absolute Gasteiger partial charge is 0.388 e. The molecule has 0 bridgehead atoms. The Morgan fingerprint density at radius 1 is 1.50 bits per heavy atom. The maximum atomic E-state index is 5.52. The van der Waals surface area contributed by atoms with Gasteiger partial charge in [0.25, 0.3) is 0 Å². The van der Waals surface area contributed by atoms with Gasteiger partial charge in [-0.05, 0) is 12.1 Å². The monoisotopic (exact) mass is 164 g/mol. The lowest BCUT2D eigenvalue weighted by molar-refractivity contribution is 1.23. The fraction of sp³-hybridized carbons (Fsp3) is 0.125. The number of nitrogens with one attached hydrogen (secondary N) is 1. The van der Waals surface area contributed by atoms with Gasteiger partial charge < -0.3 is 16.9 Å². The molecule has 0 radical (unpaired) electrons. The van der Waals surface area contributed by atoms with Gasteiger partial charge in [0.15, 0.2) is 0 Å². The molecule has 0 saturated carbocycles. The average molecular weight is 164 g/mol. The standard InChI is InChI=1S/C8H12N4/c1-11-7-4-2-3-6(5-7)8(9)12-10/h2-5,11H,10H2,1H3,(H2,9,12). The molecule has 0 aromatic heterocycles. The van der Waals surface area contributed by atoms with Crippen molar-refractivity contribution in [2.45, 2.75) is 0 Å². The minimum Gasteiger partial charge on any atom is -0.388 e. The van der Waals surface area contributed by atoms with Gasteiger partial charge in [-0.1, -0.05) is 12.1 Å². The first kappa shape index (κ1) is 8.39. The van der Waals surface area contributed by atoms with E-state index < -0.39 is 0 Å². The molecule has 1 aromatic rings. The molecule has 0 aliphatic heterocycles. The molecule has 64 valence electrons. The number of anilines is 1. The lowest BCUT2D eigenvalue weighted by atomic mass is 10.2. The molecule has 12 heavy (non-hydrogen) atoms. The van der Waals surface area contributed by atoms with Gasteiger partial charge in [-0.3, -0.25) is 0 Å². The summed E-state index contributed by atoms with van der Waals surface area (Å²) < 4.78 is 0. The van der Waals surface area contributed by atoms with Crippen molar-refractivity contribution in [2.75, 3.05) is 12.4 Å². The Morgan fingerprint density at radius 2 is 2.25 bits per heavy atom.